The van der Waals surface area contributed by atoms with Crippen molar-refractivity contribution < 1.29 is 9.59 Å². The number of carbonyl (C=O) groups is 2. The number of carbonyl (C=O) groups excluding carboxylic acids is 2. The van der Waals surface area contributed by atoms with Gasteiger partial charge in [0.05, 0.1) is 0 Å². The van der Waals surface area contributed by atoms with Crippen LogP contribution in [0.5, 0.6) is 0 Å². The van der Waals surface area contributed by atoms with Crippen LogP contribution in [0.4, 0.5) is 5.82 Å². The average Bonchev–Trinajstić information content (AvgIpc) is 2.27. The highest BCUT2D eigenvalue weighted by Gasteiger charge is 2.05. The van der Waals surface area contributed by atoms with Crippen LogP contribution in [0.3, 0.4) is 0 Å². The van der Waals surface area contributed by atoms with E-state index in [4.69, 9.17) is 0 Å². The first-order valence-corrected chi connectivity index (χ1v) is 5.53. The Morgan fingerprint density at radius 1 is 1.47 bits per heavy atom. The molecule has 0 bridgehead atoms. The number of anilines is 1. The summed E-state index contributed by atoms with van der Waals surface area (Å²) < 4.78 is 0. The molecule has 0 unspecified atom stereocenters. The molecule has 5 heteroatoms. The van der Waals surface area contributed by atoms with E-state index in [1.54, 1.807) is 12.3 Å². The zero-order chi connectivity index (χ0) is 12.7. The van der Waals surface area contributed by atoms with Crippen molar-refractivity contribution in [2.45, 2.75) is 26.8 Å². The first-order valence-electron chi connectivity index (χ1n) is 5.53. The maximum atomic E-state index is 11.5. The first kappa shape index (κ1) is 13.2. The number of aromatic nitrogens is 1. The van der Waals surface area contributed by atoms with Crippen molar-refractivity contribution in [1.29, 1.82) is 0 Å². The predicted molar refractivity (Wildman–Crippen MR) is 65.2 cm³/mol. The molecule has 1 aromatic heterocycles. The first-order chi connectivity index (χ1) is 8.11. The Labute approximate surface area is 101 Å². The number of hydrogen-bond acceptors (Lipinski definition) is 3. The maximum absolute atomic E-state index is 11.5. The molecule has 0 aliphatic heterocycles. The van der Waals surface area contributed by atoms with Crippen LogP contribution in [0.15, 0.2) is 18.3 Å². The molecule has 1 rings (SSSR count). The number of nitrogens with one attached hydrogen (secondary N) is 2. The van der Waals surface area contributed by atoms with E-state index in [0.29, 0.717) is 31.1 Å². The highest BCUT2D eigenvalue weighted by Crippen LogP contribution is 2.07. The Kier molecular flexibility index (Phi) is 5.13. The van der Waals surface area contributed by atoms with Gasteiger partial charge in [0.15, 0.2) is 0 Å². The lowest BCUT2D eigenvalue weighted by molar-refractivity contribution is -0.116. The van der Waals surface area contributed by atoms with E-state index in [9.17, 15) is 9.59 Å². The molecule has 1 heterocycles. The van der Waals surface area contributed by atoms with E-state index in [1.165, 1.54) is 0 Å². The molecule has 0 saturated carbocycles. The summed E-state index contributed by atoms with van der Waals surface area (Å²) >= 11 is 0. The molecule has 5 nitrogen and oxygen atoms in total. The second kappa shape index (κ2) is 6.62. The third kappa shape index (κ3) is 5.10. The van der Waals surface area contributed by atoms with Crippen molar-refractivity contribution in [1.82, 2.24) is 10.3 Å². The van der Waals surface area contributed by atoms with Gasteiger partial charge in [-0.25, -0.2) is 4.98 Å². The predicted octanol–water partition coefficient (Wildman–Crippen LogP) is 1.31. The van der Waals surface area contributed by atoms with Crippen molar-refractivity contribution in [2.75, 3.05) is 5.32 Å². The monoisotopic (exact) mass is 235 g/mol. The SMILES string of the molecule is CC(C)CC(=O)Nc1ccc(CNC=O)cn1. The van der Waals surface area contributed by atoms with Crippen molar-refractivity contribution in [3.8, 4) is 0 Å². The second-order valence-electron chi connectivity index (χ2n) is 4.20. The molecule has 0 aromatic carbocycles. The van der Waals surface area contributed by atoms with Gasteiger partial charge >= 0.3 is 0 Å². The smallest absolute Gasteiger partial charge is 0.225 e. The highest BCUT2D eigenvalue weighted by molar-refractivity contribution is 5.89. The summed E-state index contributed by atoms with van der Waals surface area (Å²) in [5, 5.41) is 5.26. The van der Waals surface area contributed by atoms with Gasteiger partial charge < -0.3 is 10.6 Å². The fourth-order valence-corrected chi connectivity index (χ4v) is 1.33. The molecule has 17 heavy (non-hydrogen) atoms. The van der Waals surface area contributed by atoms with Crippen LogP contribution in [0.1, 0.15) is 25.8 Å². The van der Waals surface area contributed by atoms with Crippen LogP contribution < -0.4 is 10.6 Å². The fourth-order valence-electron chi connectivity index (χ4n) is 1.33. The zero-order valence-electron chi connectivity index (χ0n) is 10.1. The maximum Gasteiger partial charge on any atom is 0.225 e. The van der Waals surface area contributed by atoms with Gasteiger partial charge in [-0.3, -0.25) is 9.59 Å². The minimum absolute atomic E-state index is 0.0359. The van der Waals surface area contributed by atoms with Crippen molar-refractivity contribution in [2.24, 2.45) is 5.92 Å². The number of amides is 2. The standard InChI is InChI=1S/C12H17N3O2/c1-9(2)5-12(17)15-11-4-3-10(7-14-11)6-13-8-16/h3-4,7-9H,5-6H2,1-2H3,(H,13,16)(H,14,15,17). The Morgan fingerprint density at radius 2 is 2.24 bits per heavy atom. The van der Waals surface area contributed by atoms with Gasteiger partial charge in [0.25, 0.3) is 0 Å². The van der Waals surface area contributed by atoms with Gasteiger partial charge in [-0.1, -0.05) is 19.9 Å². The minimum atomic E-state index is -0.0359. The lowest BCUT2D eigenvalue weighted by Gasteiger charge is -2.07. The van der Waals surface area contributed by atoms with E-state index < -0.39 is 0 Å². The lowest BCUT2D eigenvalue weighted by Crippen LogP contribution is -2.15. The molecular formula is C12H17N3O2. The van der Waals surface area contributed by atoms with Crippen LogP contribution in [0.25, 0.3) is 0 Å². The molecule has 2 amide bonds. The van der Waals surface area contributed by atoms with Crippen LogP contribution in [-0.4, -0.2) is 17.3 Å². The van der Waals surface area contributed by atoms with Gasteiger partial charge in [0.1, 0.15) is 5.82 Å². The van der Waals surface area contributed by atoms with Gasteiger partial charge in [-0.05, 0) is 17.5 Å². The highest BCUT2D eigenvalue weighted by atomic mass is 16.1. The normalized spacial score (nSPS) is 10.1. The van der Waals surface area contributed by atoms with Crippen molar-refractivity contribution >= 4 is 18.1 Å². The molecular weight excluding hydrogens is 218 g/mol. The van der Waals surface area contributed by atoms with E-state index in [2.05, 4.69) is 15.6 Å². The van der Waals surface area contributed by atoms with Crippen LogP contribution in [-0.2, 0) is 16.1 Å². The number of pyridine rings is 1. The topological polar surface area (TPSA) is 71.1 Å². The van der Waals surface area contributed by atoms with E-state index in [-0.39, 0.29) is 5.91 Å². The molecule has 0 aliphatic rings. The summed E-state index contributed by atoms with van der Waals surface area (Å²) in [4.78, 5) is 25.7. The Balaban J connectivity index is 2.50. The van der Waals surface area contributed by atoms with Gasteiger partial charge in [-0.2, -0.15) is 0 Å². The van der Waals surface area contributed by atoms with E-state index >= 15 is 0 Å². The summed E-state index contributed by atoms with van der Waals surface area (Å²) in [6.45, 7) is 4.42. The molecule has 0 fully saturated rings. The fraction of sp³-hybridized carbons (Fsp3) is 0.417. The summed E-state index contributed by atoms with van der Waals surface area (Å²) in [6, 6.07) is 3.54. The Hall–Kier alpha value is -1.91. The largest absolute Gasteiger partial charge is 0.355 e. The summed E-state index contributed by atoms with van der Waals surface area (Å²) in [6.07, 6.45) is 2.75. The van der Waals surface area contributed by atoms with Crippen molar-refractivity contribution in [3.63, 3.8) is 0 Å². The van der Waals surface area contributed by atoms with Gasteiger partial charge in [0, 0.05) is 19.2 Å². The average molecular weight is 235 g/mol. The molecule has 0 atom stereocenters. The quantitative estimate of drug-likeness (QED) is 0.730. The Bertz CT molecular complexity index is 374. The molecule has 0 spiro atoms. The molecule has 1 aromatic rings. The summed E-state index contributed by atoms with van der Waals surface area (Å²) in [5.74, 6) is 0.822. The van der Waals surface area contributed by atoms with Crippen molar-refractivity contribution in [3.05, 3.63) is 23.9 Å². The molecule has 0 saturated heterocycles. The lowest BCUT2D eigenvalue weighted by atomic mass is 10.1. The third-order valence-electron chi connectivity index (χ3n) is 2.08. The summed E-state index contributed by atoms with van der Waals surface area (Å²) in [7, 11) is 0. The second-order valence-corrected chi connectivity index (χ2v) is 4.20. The molecule has 92 valence electrons. The summed E-state index contributed by atoms with van der Waals surface area (Å²) in [5.41, 5.74) is 0.888. The van der Waals surface area contributed by atoms with Crippen LogP contribution >= 0.6 is 0 Å². The number of hydrogen-bond donors (Lipinski definition) is 2. The number of rotatable bonds is 6. The Morgan fingerprint density at radius 3 is 2.76 bits per heavy atom. The van der Waals surface area contributed by atoms with Crippen LogP contribution in [0, 0.1) is 5.92 Å². The molecule has 2 N–H and O–H groups in total. The molecule has 0 radical (unpaired) electrons. The van der Waals surface area contributed by atoms with Gasteiger partial charge in [-0.15, -0.1) is 0 Å². The third-order valence-corrected chi connectivity index (χ3v) is 2.08. The van der Waals surface area contributed by atoms with E-state index in [1.807, 2.05) is 19.9 Å². The molecule has 0 aliphatic carbocycles. The zero-order valence-corrected chi connectivity index (χ0v) is 10.1. The van der Waals surface area contributed by atoms with Gasteiger partial charge in [0.2, 0.25) is 12.3 Å². The minimum Gasteiger partial charge on any atom is -0.355 e. The van der Waals surface area contributed by atoms with E-state index in [0.717, 1.165) is 5.56 Å². The van der Waals surface area contributed by atoms with Crippen LogP contribution in [0.2, 0.25) is 0 Å². The number of nitrogens with zero attached hydrogens (tertiary/aromatic N) is 1.